The van der Waals surface area contributed by atoms with Crippen molar-refractivity contribution in [3.8, 4) is 0 Å². The first-order chi connectivity index (χ1) is 8.15. The number of furan rings is 1. The summed E-state index contributed by atoms with van der Waals surface area (Å²) in [6.45, 7) is 0.919. The van der Waals surface area contributed by atoms with E-state index in [4.69, 9.17) is 9.52 Å². The number of fused-ring (bicyclic) bond motifs is 3. The van der Waals surface area contributed by atoms with Crippen molar-refractivity contribution in [1.29, 1.82) is 0 Å². The molecule has 0 radical (unpaired) electrons. The van der Waals surface area contributed by atoms with Crippen molar-refractivity contribution < 1.29 is 14.3 Å². The molecule has 1 aromatic carbocycles. The number of nitrogens with zero attached hydrogens (tertiary/aromatic N) is 1. The molecule has 17 heavy (non-hydrogen) atoms. The molecule has 0 unspecified atom stereocenters. The zero-order valence-electron chi connectivity index (χ0n) is 8.94. The molecule has 0 saturated carbocycles. The Hall–Kier alpha value is -1.49. The Morgan fingerprint density at radius 2 is 2.29 bits per heavy atom. The van der Waals surface area contributed by atoms with E-state index in [9.17, 15) is 4.79 Å². The van der Waals surface area contributed by atoms with Crippen molar-refractivity contribution >= 4 is 33.0 Å². The summed E-state index contributed by atoms with van der Waals surface area (Å²) >= 11 is 3.40. The van der Waals surface area contributed by atoms with Crippen LogP contribution >= 0.6 is 15.9 Å². The lowest BCUT2D eigenvalue weighted by molar-refractivity contribution is 0.138. The van der Waals surface area contributed by atoms with Crippen molar-refractivity contribution in [2.24, 2.45) is 0 Å². The topological polar surface area (TPSA) is 53.7 Å². The van der Waals surface area contributed by atoms with Gasteiger partial charge in [-0.05, 0) is 18.2 Å². The Morgan fingerprint density at radius 1 is 1.47 bits per heavy atom. The molecule has 1 aliphatic heterocycles. The number of carbonyl (C=O) groups is 1. The molecule has 0 fully saturated rings. The Bertz CT molecular complexity index is 605. The van der Waals surface area contributed by atoms with Gasteiger partial charge in [0.1, 0.15) is 11.3 Å². The van der Waals surface area contributed by atoms with Gasteiger partial charge in [0.15, 0.2) is 0 Å². The number of hydrogen-bond acceptors (Lipinski definition) is 2. The molecule has 5 heteroatoms. The highest BCUT2D eigenvalue weighted by atomic mass is 79.9. The van der Waals surface area contributed by atoms with Crippen LogP contribution in [0.3, 0.4) is 0 Å². The predicted molar refractivity (Wildman–Crippen MR) is 66.1 cm³/mol. The number of rotatable bonds is 0. The van der Waals surface area contributed by atoms with E-state index in [-0.39, 0.29) is 0 Å². The summed E-state index contributed by atoms with van der Waals surface area (Å²) in [6, 6.07) is 5.82. The van der Waals surface area contributed by atoms with Crippen LogP contribution in [0.2, 0.25) is 0 Å². The Kier molecular flexibility index (Phi) is 2.36. The zero-order chi connectivity index (χ0) is 12.0. The largest absolute Gasteiger partial charge is 0.465 e. The van der Waals surface area contributed by atoms with E-state index in [0.29, 0.717) is 19.5 Å². The molecule has 1 amide bonds. The van der Waals surface area contributed by atoms with Crippen LogP contribution in [0.1, 0.15) is 11.3 Å². The molecule has 4 nitrogen and oxygen atoms in total. The lowest BCUT2D eigenvalue weighted by Crippen LogP contribution is -2.34. The number of halogens is 1. The molecule has 0 atom stereocenters. The molecule has 0 saturated heterocycles. The number of hydrogen-bond donors (Lipinski definition) is 1. The van der Waals surface area contributed by atoms with Crippen LogP contribution in [0, 0.1) is 0 Å². The highest BCUT2D eigenvalue weighted by Crippen LogP contribution is 2.32. The standard InChI is InChI=1S/C12H10BrNO3/c13-7-1-2-8-9-6-14(12(15)16)4-3-10(9)17-11(8)5-7/h1-2,5H,3-4,6H2,(H,15,16). The van der Waals surface area contributed by atoms with Crippen LogP contribution in [-0.4, -0.2) is 22.6 Å². The van der Waals surface area contributed by atoms with E-state index >= 15 is 0 Å². The summed E-state index contributed by atoms with van der Waals surface area (Å²) < 4.78 is 6.71. The molecule has 1 N–H and O–H groups in total. The number of benzene rings is 1. The summed E-state index contributed by atoms with van der Waals surface area (Å²) in [6.07, 6.45) is -0.226. The fraction of sp³-hybridized carbons (Fsp3) is 0.250. The minimum absolute atomic E-state index is 0.416. The summed E-state index contributed by atoms with van der Waals surface area (Å²) in [5.74, 6) is 0.913. The van der Waals surface area contributed by atoms with Gasteiger partial charge in [0.25, 0.3) is 0 Å². The Labute approximate surface area is 106 Å². The van der Waals surface area contributed by atoms with Crippen LogP contribution in [0.4, 0.5) is 4.79 Å². The van der Waals surface area contributed by atoms with Crippen molar-refractivity contribution in [3.05, 3.63) is 34.0 Å². The first-order valence-corrected chi connectivity index (χ1v) is 6.12. The highest BCUT2D eigenvalue weighted by Gasteiger charge is 2.25. The van der Waals surface area contributed by atoms with Crippen LogP contribution in [0.5, 0.6) is 0 Å². The van der Waals surface area contributed by atoms with Gasteiger partial charge in [-0.2, -0.15) is 0 Å². The van der Waals surface area contributed by atoms with Gasteiger partial charge in [-0.25, -0.2) is 4.79 Å². The van der Waals surface area contributed by atoms with Gasteiger partial charge in [0.05, 0.1) is 6.54 Å². The van der Waals surface area contributed by atoms with E-state index in [1.807, 2.05) is 18.2 Å². The van der Waals surface area contributed by atoms with Crippen molar-refractivity contribution in [3.63, 3.8) is 0 Å². The maximum Gasteiger partial charge on any atom is 0.407 e. The van der Waals surface area contributed by atoms with Crippen LogP contribution in [0.25, 0.3) is 11.0 Å². The third kappa shape index (κ3) is 1.70. The first kappa shape index (κ1) is 10.7. The second-order valence-corrected chi connectivity index (χ2v) is 5.01. The monoisotopic (exact) mass is 295 g/mol. The SMILES string of the molecule is O=C(O)N1CCc2oc3cc(Br)ccc3c2C1. The third-order valence-corrected chi connectivity index (χ3v) is 3.56. The van der Waals surface area contributed by atoms with E-state index in [2.05, 4.69) is 15.9 Å². The molecular weight excluding hydrogens is 286 g/mol. The average Bonchev–Trinajstić information content (AvgIpc) is 2.64. The second-order valence-electron chi connectivity index (χ2n) is 4.10. The van der Waals surface area contributed by atoms with E-state index in [0.717, 1.165) is 26.8 Å². The quantitative estimate of drug-likeness (QED) is 0.812. The average molecular weight is 296 g/mol. The third-order valence-electron chi connectivity index (χ3n) is 3.07. The lowest BCUT2D eigenvalue weighted by Gasteiger charge is -2.23. The minimum Gasteiger partial charge on any atom is -0.465 e. The smallest absolute Gasteiger partial charge is 0.407 e. The van der Waals surface area contributed by atoms with E-state index in [1.54, 1.807) is 0 Å². The van der Waals surface area contributed by atoms with Crippen molar-refractivity contribution in [1.82, 2.24) is 4.90 Å². The molecular formula is C12H10BrNO3. The molecule has 0 bridgehead atoms. The van der Waals surface area contributed by atoms with Gasteiger partial charge in [-0.3, -0.25) is 0 Å². The van der Waals surface area contributed by atoms with E-state index < -0.39 is 6.09 Å². The van der Waals surface area contributed by atoms with Gasteiger partial charge in [0.2, 0.25) is 0 Å². The van der Waals surface area contributed by atoms with E-state index in [1.165, 1.54) is 4.90 Å². The van der Waals surface area contributed by atoms with Crippen LogP contribution in [-0.2, 0) is 13.0 Å². The van der Waals surface area contributed by atoms with Gasteiger partial charge in [-0.1, -0.05) is 15.9 Å². The van der Waals surface area contributed by atoms with Gasteiger partial charge >= 0.3 is 6.09 Å². The summed E-state index contributed by atoms with van der Waals surface area (Å²) in [4.78, 5) is 12.4. The predicted octanol–water partition coefficient (Wildman–Crippen LogP) is 3.23. The molecule has 1 aromatic heterocycles. The van der Waals surface area contributed by atoms with Gasteiger partial charge < -0.3 is 14.4 Å². The Balaban J connectivity index is 2.12. The zero-order valence-corrected chi connectivity index (χ0v) is 10.5. The molecule has 1 aliphatic rings. The fourth-order valence-corrected chi connectivity index (χ4v) is 2.56. The fourth-order valence-electron chi connectivity index (χ4n) is 2.22. The Morgan fingerprint density at radius 3 is 3.06 bits per heavy atom. The highest BCUT2D eigenvalue weighted by molar-refractivity contribution is 9.10. The molecule has 3 rings (SSSR count). The number of carboxylic acid groups (broad SMARTS) is 1. The van der Waals surface area contributed by atoms with Crippen molar-refractivity contribution in [2.45, 2.75) is 13.0 Å². The van der Waals surface area contributed by atoms with Crippen LogP contribution < -0.4 is 0 Å². The molecule has 2 heterocycles. The summed E-state index contributed by atoms with van der Waals surface area (Å²) in [5.41, 5.74) is 1.82. The molecule has 0 spiro atoms. The molecule has 0 aliphatic carbocycles. The maximum absolute atomic E-state index is 11.0. The molecule has 88 valence electrons. The summed E-state index contributed by atoms with van der Waals surface area (Å²) in [5, 5.41) is 10.0. The van der Waals surface area contributed by atoms with Crippen molar-refractivity contribution in [2.75, 3.05) is 6.54 Å². The molecule has 2 aromatic rings. The summed E-state index contributed by atoms with van der Waals surface area (Å²) in [7, 11) is 0. The number of amides is 1. The maximum atomic E-state index is 11.0. The lowest BCUT2D eigenvalue weighted by atomic mass is 10.1. The van der Waals surface area contributed by atoms with Gasteiger partial charge in [0, 0.05) is 28.4 Å². The normalized spacial score (nSPS) is 15.0. The van der Waals surface area contributed by atoms with Crippen LogP contribution in [0.15, 0.2) is 27.1 Å². The minimum atomic E-state index is -0.873. The first-order valence-electron chi connectivity index (χ1n) is 5.33. The van der Waals surface area contributed by atoms with Gasteiger partial charge in [-0.15, -0.1) is 0 Å². The second kappa shape index (κ2) is 3.77.